The number of halogens is 1. The van der Waals surface area contributed by atoms with E-state index in [1.165, 1.54) is 12.1 Å². The van der Waals surface area contributed by atoms with Gasteiger partial charge in [-0.3, -0.25) is 4.79 Å². The molecule has 0 radical (unpaired) electrons. The standard InChI is InChI=1S/C21H22FNO5/c1-27-16-5-3-15(4-6-16)21(8-10-28-11-9-21)13-23-19(24)17-7-2-14(20(25)26)12-18(17)22/h2-7,12H,8-11,13H2,1H3,(H,23,24)(H,25,26). The number of ether oxygens (including phenoxy) is 2. The summed E-state index contributed by atoms with van der Waals surface area (Å²) in [6, 6.07) is 10.9. The largest absolute Gasteiger partial charge is 0.497 e. The van der Waals surface area contributed by atoms with Gasteiger partial charge in [0.1, 0.15) is 11.6 Å². The van der Waals surface area contributed by atoms with Crippen LogP contribution in [0.25, 0.3) is 0 Å². The predicted molar refractivity (Wildman–Crippen MR) is 100 cm³/mol. The minimum Gasteiger partial charge on any atom is -0.497 e. The average molecular weight is 387 g/mol. The highest BCUT2D eigenvalue weighted by Crippen LogP contribution is 2.35. The fourth-order valence-corrected chi connectivity index (χ4v) is 3.45. The van der Waals surface area contributed by atoms with Crippen molar-refractivity contribution in [3.8, 4) is 5.75 Å². The molecule has 0 bridgehead atoms. The first-order chi connectivity index (χ1) is 13.4. The Kier molecular flexibility index (Phi) is 5.94. The van der Waals surface area contributed by atoms with Crippen LogP contribution < -0.4 is 10.1 Å². The molecule has 0 atom stereocenters. The molecular formula is C21H22FNO5. The lowest BCUT2D eigenvalue weighted by molar-refractivity contribution is 0.0486. The van der Waals surface area contributed by atoms with Gasteiger partial charge in [-0.05, 0) is 48.7 Å². The maximum atomic E-state index is 14.2. The van der Waals surface area contributed by atoms with Crippen molar-refractivity contribution in [2.75, 3.05) is 26.9 Å². The Bertz CT molecular complexity index is 860. The molecule has 2 aromatic carbocycles. The van der Waals surface area contributed by atoms with Crippen molar-refractivity contribution in [1.82, 2.24) is 5.32 Å². The molecule has 3 rings (SSSR count). The van der Waals surface area contributed by atoms with Crippen LogP contribution in [0.3, 0.4) is 0 Å². The molecule has 0 saturated carbocycles. The minimum atomic E-state index is -1.24. The van der Waals surface area contributed by atoms with E-state index in [1.807, 2.05) is 24.3 Å². The van der Waals surface area contributed by atoms with Crippen LogP contribution in [0.15, 0.2) is 42.5 Å². The van der Waals surface area contributed by atoms with Gasteiger partial charge in [0.15, 0.2) is 0 Å². The summed E-state index contributed by atoms with van der Waals surface area (Å²) in [5, 5.41) is 11.7. The van der Waals surface area contributed by atoms with Crippen molar-refractivity contribution in [2.45, 2.75) is 18.3 Å². The van der Waals surface area contributed by atoms with Gasteiger partial charge in [0.05, 0.1) is 18.2 Å². The lowest BCUT2D eigenvalue weighted by Crippen LogP contribution is -2.44. The number of carboxylic acids is 1. The van der Waals surface area contributed by atoms with Gasteiger partial charge < -0.3 is 19.9 Å². The summed E-state index contributed by atoms with van der Waals surface area (Å²) in [6.45, 7) is 1.47. The lowest BCUT2D eigenvalue weighted by atomic mass is 9.74. The Morgan fingerprint density at radius 1 is 1.18 bits per heavy atom. The van der Waals surface area contributed by atoms with Crippen LogP contribution in [-0.2, 0) is 10.2 Å². The van der Waals surface area contributed by atoms with E-state index < -0.39 is 17.7 Å². The normalized spacial score (nSPS) is 15.6. The molecule has 28 heavy (non-hydrogen) atoms. The van der Waals surface area contributed by atoms with Crippen molar-refractivity contribution in [3.05, 3.63) is 65.0 Å². The predicted octanol–water partition coefficient (Wildman–Crippen LogP) is 3.01. The number of carboxylic acid groups (broad SMARTS) is 1. The number of benzene rings is 2. The second-order valence-electron chi connectivity index (χ2n) is 6.80. The molecule has 7 heteroatoms. The maximum absolute atomic E-state index is 14.2. The van der Waals surface area contributed by atoms with Gasteiger partial charge in [-0.1, -0.05) is 12.1 Å². The summed E-state index contributed by atoms with van der Waals surface area (Å²) in [5.41, 5.74) is 0.353. The zero-order chi connectivity index (χ0) is 20.1. The monoisotopic (exact) mass is 387 g/mol. The Hall–Kier alpha value is -2.93. The van der Waals surface area contributed by atoms with E-state index in [0.717, 1.165) is 30.2 Å². The Morgan fingerprint density at radius 2 is 1.86 bits per heavy atom. The zero-order valence-electron chi connectivity index (χ0n) is 15.5. The summed E-state index contributed by atoms with van der Waals surface area (Å²) in [7, 11) is 1.60. The molecule has 2 N–H and O–H groups in total. The van der Waals surface area contributed by atoms with Crippen molar-refractivity contribution in [1.29, 1.82) is 0 Å². The van der Waals surface area contributed by atoms with Crippen LogP contribution in [0.5, 0.6) is 5.75 Å². The highest BCUT2D eigenvalue weighted by molar-refractivity contribution is 5.96. The quantitative estimate of drug-likeness (QED) is 0.796. The van der Waals surface area contributed by atoms with Crippen molar-refractivity contribution < 1.29 is 28.6 Å². The summed E-state index contributed by atoms with van der Waals surface area (Å²) in [5.74, 6) is -1.93. The molecule has 6 nitrogen and oxygen atoms in total. The fourth-order valence-electron chi connectivity index (χ4n) is 3.45. The third-order valence-electron chi connectivity index (χ3n) is 5.20. The molecule has 0 spiro atoms. The van der Waals surface area contributed by atoms with Crippen molar-refractivity contribution in [3.63, 3.8) is 0 Å². The zero-order valence-corrected chi connectivity index (χ0v) is 15.5. The van der Waals surface area contributed by atoms with Crippen molar-refractivity contribution >= 4 is 11.9 Å². The van der Waals surface area contributed by atoms with Gasteiger partial charge in [0, 0.05) is 25.2 Å². The Morgan fingerprint density at radius 3 is 2.43 bits per heavy atom. The van der Waals surface area contributed by atoms with E-state index in [0.29, 0.717) is 19.8 Å². The highest BCUT2D eigenvalue weighted by atomic mass is 19.1. The smallest absolute Gasteiger partial charge is 0.335 e. The molecule has 0 unspecified atom stereocenters. The first kappa shape index (κ1) is 19.8. The molecule has 148 valence electrons. The van der Waals surface area contributed by atoms with Gasteiger partial charge in [-0.2, -0.15) is 0 Å². The Labute approximate surface area is 162 Å². The first-order valence-electron chi connectivity index (χ1n) is 8.98. The molecular weight excluding hydrogens is 365 g/mol. The third-order valence-corrected chi connectivity index (χ3v) is 5.20. The lowest BCUT2D eigenvalue weighted by Gasteiger charge is -2.38. The number of aromatic carboxylic acids is 1. The van der Waals surface area contributed by atoms with Crippen LogP contribution >= 0.6 is 0 Å². The van der Waals surface area contributed by atoms with Crippen molar-refractivity contribution in [2.24, 2.45) is 0 Å². The SMILES string of the molecule is COc1ccc(C2(CNC(=O)c3ccc(C(=O)O)cc3F)CCOCC2)cc1. The average Bonchev–Trinajstić information content (AvgIpc) is 2.72. The van der Waals surface area contributed by atoms with E-state index in [9.17, 15) is 14.0 Å². The molecule has 1 fully saturated rings. The number of hydrogen-bond acceptors (Lipinski definition) is 4. The van der Waals surface area contributed by atoms with Crippen LogP contribution in [0.1, 0.15) is 39.1 Å². The van der Waals surface area contributed by atoms with Gasteiger partial charge >= 0.3 is 5.97 Å². The van der Waals surface area contributed by atoms with Gasteiger partial charge in [-0.25, -0.2) is 9.18 Å². The number of rotatable bonds is 6. The minimum absolute atomic E-state index is 0.179. The molecule has 1 aliphatic rings. The van der Waals surface area contributed by atoms with Gasteiger partial charge in [0.2, 0.25) is 0 Å². The summed E-state index contributed by atoms with van der Waals surface area (Å²) in [6.07, 6.45) is 1.44. The molecule has 1 saturated heterocycles. The second kappa shape index (κ2) is 8.39. The van der Waals surface area contributed by atoms with E-state index in [1.54, 1.807) is 7.11 Å². The van der Waals surface area contributed by atoms with Gasteiger partial charge in [0.25, 0.3) is 5.91 Å². The summed E-state index contributed by atoms with van der Waals surface area (Å²) in [4.78, 5) is 23.4. The molecule has 0 aromatic heterocycles. The van der Waals surface area contributed by atoms with Crippen LogP contribution in [0.4, 0.5) is 4.39 Å². The second-order valence-corrected chi connectivity index (χ2v) is 6.80. The van der Waals surface area contributed by atoms with Crippen LogP contribution in [-0.4, -0.2) is 43.9 Å². The number of nitrogens with one attached hydrogen (secondary N) is 1. The van der Waals surface area contributed by atoms with E-state index in [-0.39, 0.29) is 16.5 Å². The number of carbonyl (C=O) groups excluding carboxylic acids is 1. The van der Waals surface area contributed by atoms with E-state index >= 15 is 0 Å². The van der Waals surface area contributed by atoms with Crippen LogP contribution in [0.2, 0.25) is 0 Å². The summed E-state index contributed by atoms with van der Waals surface area (Å²) < 4.78 is 24.9. The van der Waals surface area contributed by atoms with Gasteiger partial charge in [-0.15, -0.1) is 0 Å². The molecule has 1 heterocycles. The Balaban J connectivity index is 1.78. The number of methoxy groups -OCH3 is 1. The fraction of sp³-hybridized carbons (Fsp3) is 0.333. The third kappa shape index (κ3) is 4.14. The molecule has 2 aromatic rings. The highest BCUT2D eigenvalue weighted by Gasteiger charge is 2.35. The molecule has 0 aliphatic carbocycles. The first-order valence-corrected chi connectivity index (χ1v) is 8.98. The molecule has 1 aliphatic heterocycles. The topological polar surface area (TPSA) is 84.9 Å². The molecule has 1 amide bonds. The number of carbonyl (C=O) groups is 2. The maximum Gasteiger partial charge on any atom is 0.335 e. The van der Waals surface area contributed by atoms with Crippen LogP contribution in [0, 0.1) is 5.82 Å². The number of amides is 1. The summed E-state index contributed by atoms with van der Waals surface area (Å²) >= 11 is 0. The van der Waals surface area contributed by atoms with E-state index in [2.05, 4.69) is 5.32 Å². The number of hydrogen-bond donors (Lipinski definition) is 2. The van der Waals surface area contributed by atoms with E-state index in [4.69, 9.17) is 14.6 Å².